The number of likely N-dealkylation sites (N-methyl/N-ethyl adjacent to an activating group) is 1. The molecule has 0 aromatic carbocycles. The Bertz CT molecular complexity index is 964. The number of ether oxygens (including phenoxy) is 2. The molecule has 0 bridgehead atoms. The highest BCUT2D eigenvalue weighted by molar-refractivity contribution is 6.05. The fourth-order valence-electron chi connectivity index (χ4n) is 5.27. The Labute approximate surface area is 259 Å². The summed E-state index contributed by atoms with van der Waals surface area (Å²) in [5, 5.41) is 13.6. The monoisotopic (exact) mass is 607 g/mol. The molecule has 0 aromatic rings. The number of aliphatic hydroxyl groups is 1. The molecule has 10 heteroatoms. The second-order valence-electron chi connectivity index (χ2n) is 12.0. The molecule has 0 spiro atoms. The van der Waals surface area contributed by atoms with E-state index in [1.165, 1.54) is 50.7 Å². The molecule has 1 aliphatic rings. The smallest absolute Gasteiger partial charge is 0.257 e. The van der Waals surface area contributed by atoms with E-state index in [0.29, 0.717) is 12.2 Å². The molecule has 0 fully saturated rings. The van der Waals surface area contributed by atoms with Crippen LogP contribution in [0.3, 0.4) is 0 Å². The number of rotatable bonds is 20. The minimum Gasteiger partial charge on any atom is -0.499 e. The largest absolute Gasteiger partial charge is 0.499 e. The number of carbonyl (C=O) groups excluding carboxylic acids is 4. The average molecular weight is 608 g/mol. The average Bonchev–Trinajstić information content (AvgIpc) is 3.33. The Hall–Kier alpha value is -2.72. The van der Waals surface area contributed by atoms with Crippen molar-refractivity contribution in [2.75, 3.05) is 21.3 Å². The molecule has 0 saturated heterocycles. The molecule has 0 aliphatic carbocycles. The van der Waals surface area contributed by atoms with Crippen molar-refractivity contribution in [1.82, 2.24) is 15.1 Å². The van der Waals surface area contributed by atoms with E-state index >= 15 is 0 Å². The number of amides is 4. The summed E-state index contributed by atoms with van der Waals surface area (Å²) in [7, 11) is 4.76. The molecule has 6 atom stereocenters. The SMILES string of the molecule is CCCCCCCC(CC=CCCC(=O)N(C)C(C)C(=O)NC(C)C(O)C(C)C(=O)N1C(=O)C=C(OC)C1C(C)C)OC. The van der Waals surface area contributed by atoms with E-state index in [9.17, 15) is 24.3 Å². The molecule has 1 heterocycles. The van der Waals surface area contributed by atoms with Gasteiger partial charge in [0, 0.05) is 26.7 Å². The first-order chi connectivity index (χ1) is 20.3. The summed E-state index contributed by atoms with van der Waals surface area (Å²) in [5.41, 5.74) is 0. The lowest BCUT2D eigenvalue weighted by Crippen LogP contribution is -2.54. The van der Waals surface area contributed by atoms with Crippen LogP contribution >= 0.6 is 0 Å². The molecule has 6 unspecified atom stereocenters. The quantitative estimate of drug-likeness (QED) is 0.156. The van der Waals surface area contributed by atoms with Gasteiger partial charge in [0.2, 0.25) is 17.7 Å². The zero-order chi connectivity index (χ0) is 32.7. The summed E-state index contributed by atoms with van der Waals surface area (Å²) in [6.45, 7) is 10.7. The van der Waals surface area contributed by atoms with Gasteiger partial charge in [0.15, 0.2) is 0 Å². The Morgan fingerprint density at radius 1 is 1.07 bits per heavy atom. The number of allylic oxidation sites excluding steroid dienone is 1. The van der Waals surface area contributed by atoms with Gasteiger partial charge in [0.1, 0.15) is 11.8 Å². The van der Waals surface area contributed by atoms with E-state index in [-0.39, 0.29) is 24.3 Å². The number of aliphatic hydroxyl groups excluding tert-OH is 1. The Kier molecular flexibility index (Phi) is 17.4. The standard InChI is InChI=1S/C33H57N3O7/c1-10-11-12-13-15-18-26(42-8)19-16-14-17-20-28(37)35(7)25(6)32(40)34-24(5)31(39)23(4)33(41)36-29(38)21-27(43-9)30(36)22(2)3/h14,16,21-26,30-31,39H,10-13,15,17-20H2,1-9H3,(H,34,40). The van der Waals surface area contributed by atoms with Crippen LogP contribution in [0.15, 0.2) is 24.0 Å². The van der Waals surface area contributed by atoms with Crippen LogP contribution in [-0.4, -0.2) is 90.1 Å². The summed E-state index contributed by atoms with van der Waals surface area (Å²) >= 11 is 0. The molecule has 1 aliphatic heterocycles. The zero-order valence-electron chi connectivity index (χ0n) is 27.9. The topological polar surface area (TPSA) is 125 Å². The maximum atomic E-state index is 13.3. The summed E-state index contributed by atoms with van der Waals surface area (Å²) in [6, 6.07) is -2.13. The lowest BCUT2D eigenvalue weighted by molar-refractivity contribution is -0.150. The Morgan fingerprint density at radius 3 is 2.30 bits per heavy atom. The summed E-state index contributed by atoms with van der Waals surface area (Å²) in [5.74, 6) is -2.29. The Balaban J connectivity index is 2.57. The number of hydrogen-bond acceptors (Lipinski definition) is 7. The molecule has 43 heavy (non-hydrogen) atoms. The van der Waals surface area contributed by atoms with Crippen molar-refractivity contribution >= 4 is 23.6 Å². The van der Waals surface area contributed by atoms with Crippen LogP contribution in [0.2, 0.25) is 0 Å². The molecular formula is C33H57N3O7. The van der Waals surface area contributed by atoms with Crippen molar-refractivity contribution in [2.24, 2.45) is 11.8 Å². The first kappa shape index (κ1) is 38.3. The molecule has 1 rings (SSSR count). The van der Waals surface area contributed by atoms with Crippen LogP contribution in [0.25, 0.3) is 0 Å². The van der Waals surface area contributed by atoms with Gasteiger partial charge in [-0.3, -0.25) is 24.1 Å². The number of carbonyl (C=O) groups is 4. The minimum absolute atomic E-state index is 0.0835. The highest BCUT2D eigenvalue weighted by atomic mass is 16.5. The maximum absolute atomic E-state index is 13.3. The number of methoxy groups -OCH3 is 2. The van der Waals surface area contributed by atoms with Gasteiger partial charge in [-0.1, -0.05) is 72.0 Å². The minimum atomic E-state index is -1.26. The highest BCUT2D eigenvalue weighted by Crippen LogP contribution is 2.29. The van der Waals surface area contributed by atoms with Crippen LogP contribution in [0.1, 0.15) is 99.3 Å². The van der Waals surface area contributed by atoms with Crippen LogP contribution in [0, 0.1) is 11.8 Å². The highest BCUT2D eigenvalue weighted by Gasteiger charge is 2.43. The van der Waals surface area contributed by atoms with Gasteiger partial charge in [0.25, 0.3) is 5.91 Å². The van der Waals surface area contributed by atoms with Crippen molar-refractivity contribution in [2.45, 2.75) is 130 Å². The van der Waals surface area contributed by atoms with E-state index in [4.69, 9.17) is 9.47 Å². The second kappa shape index (κ2) is 19.5. The number of nitrogens with zero attached hydrogens (tertiary/aromatic N) is 2. The van der Waals surface area contributed by atoms with Crippen LogP contribution < -0.4 is 5.32 Å². The van der Waals surface area contributed by atoms with Crippen LogP contribution in [0.4, 0.5) is 0 Å². The normalized spacial score (nSPS) is 18.8. The number of imide groups is 1. The summed E-state index contributed by atoms with van der Waals surface area (Å²) < 4.78 is 10.9. The predicted octanol–water partition coefficient (Wildman–Crippen LogP) is 4.36. The third-order valence-corrected chi connectivity index (χ3v) is 8.37. The first-order valence-electron chi connectivity index (χ1n) is 15.9. The van der Waals surface area contributed by atoms with Crippen molar-refractivity contribution in [1.29, 1.82) is 0 Å². The van der Waals surface area contributed by atoms with Gasteiger partial charge < -0.3 is 24.8 Å². The maximum Gasteiger partial charge on any atom is 0.257 e. The number of nitrogens with one attached hydrogen (secondary N) is 1. The summed E-state index contributed by atoms with van der Waals surface area (Å²) in [6.07, 6.45) is 13.1. The van der Waals surface area contributed by atoms with Gasteiger partial charge in [-0.25, -0.2) is 0 Å². The van der Waals surface area contributed by atoms with Crippen molar-refractivity contribution < 1.29 is 33.8 Å². The number of unbranched alkanes of at least 4 members (excludes halogenated alkanes) is 4. The Morgan fingerprint density at radius 2 is 1.72 bits per heavy atom. The molecule has 2 N–H and O–H groups in total. The zero-order valence-corrected chi connectivity index (χ0v) is 27.9. The number of hydrogen-bond donors (Lipinski definition) is 2. The molecule has 246 valence electrons. The molecule has 0 aromatic heterocycles. The van der Waals surface area contributed by atoms with Crippen molar-refractivity contribution in [3.05, 3.63) is 24.0 Å². The molecule has 0 radical (unpaired) electrons. The van der Waals surface area contributed by atoms with E-state index in [2.05, 4.69) is 18.3 Å². The van der Waals surface area contributed by atoms with E-state index < -0.39 is 47.9 Å². The molecular weight excluding hydrogens is 550 g/mol. The fraction of sp³-hybridized carbons (Fsp3) is 0.758. The third kappa shape index (κ3) is 11.7. The molecule has 0 saturated carbocycles. The third-order valence-electron chi connectivity index (χ3n) is 8.37. The lowest BCUT2D eigenvalue weighted by atomic mass is 9.95. The van der Waals surface area contributed by atoms with Crippen molar-refractivity contribution in [3.8, 4) is 0 Å². The van der Waals surface area contributed by atoms with E-state index in [1.807, 2.05) is 19.9 Å². The predicted molar refractivity (Wildman–Crippen MR) is 168 cm³/mol. The van der Waals surface area contributed by atoms with Gasteiger partial charge >= 0.3 is 0 Å². The molecule has 4 amide bonds. The lowest BCUT2D eigenvalue weighted by Gasteiger charge is -2.33. The van der Waals surface area contributed by atoms with Gasteiger partial charge in [-0.2, -0.15) is 0 Å². The van der Waals surface area contributed by atoms with Crippen LogP contribution in [0.5, 0.6) is 0 Å². The molecule has 10 nitrogen and oxygen atoms in total. The van der Waals surface area contributed by atoms with E-state index in [1.54, 1.807) is 28.0 Å². The van der Waals surface area contributed by atoms with Gasteiger partial charge in [-0.05, 0) is 39.0 Å². The second-order valence-corrected chi connectivity index (χ2v) is 12.0. The van der Waals surface area contributed by atoms with Crippen molar-refractivity contribution in [3.63, 3.8) is 0 Å². The summed E-state index contributed by atoms with van der Waals surface area (Å²) in [4.78, 5) is 54.0. The van der Waals surface area contributed by atoms with Gasteiger partial charge in [-0.15, -0.1) is 0 Å². The fourth-order valence-corrected chi connectivity index (χ4v) is 5.27. The van der Waals surface area contributed by atoms with Gasteiger partial charge in [0.05, 0.1) is 37.3 Å². The first-order valence-corrected chi connectivity index (χ1v) is 15.9. The van der Waals surface area contributed by atoms with E-state index in [0.717, 1.165) is 24.2 Å². The van der Waals surface area contributed by atoms with Crippen LogP contribution in [-0.2, 0) is 28.7 Å².